The third kappa shape index (κ3) is 7.54. The zero-order chi connectivity index (χ0) is 26.3. The lowest BCUT2D eigenvalue weighted by molar-refractivity contribution is 0.0980. The normalized spacial score (nSPS) is 11.5. The van der Waals surface area contributed by atoms with Gasteiger partial charge in [0.05, 0.1) is 18.2 Å². The van der Waals surface area contributed by atoms with Crippen LogP contribution in [0.2, 0.25) is 10.0 Å². The molecule has 0 radical (unpaired) electrons. The number of halogens is 2. The van der Waals surface area contributed by atoms with Crippen LogP contribution in [0.4, 0.5) is 0 Å². The van der Waals surface area contributed by atoms with Crippen molar-refractivity contribution >= 4 is 51.3 Å². The molecule has 1 amide bonds. The summed E-state index contributed by atoms with van der Waals surface area (Å²) in [5.41, 5.74) is 4.32. The van der Waals surface area contributed by atoms with Gasteiger partial charge in [-0.3, -0.25) is 4.79 Å². The molecule has 188 valence electrons. The molecule has 0 aliphatic rings. The van der Waals surface area contributed by atoms with Crippen LogP contribution in [0.5, 0.6) is 0 Å². The first-order valence-corrected chi connectivity index (χ1v) is 13.5. The van der Waals surface area contributed by atoms with Gasteiger partial charge in [-0.1, -0.05) is 102 Å². The maximum atomic E-state index is 12.5. The van der Waals surface area contributed by atoms with E-state index < -0.39 is 15.9 Å². The van der Waals surface area contributed by atoms with Crippen LogP contribution in [-0.4, -0.2) is 14.3 Å². The maximum Gasteiger partial charge on any atom is 0.265 e. The molecule has 0 aliphatic heterocycles. The number of carbonyl (C=O) groups is 1. The third-order valence-corrected chi connectivity index (χ3v) is 7.46. The Labute approximate surface area is 226 Å². The summed E-state index contributed by atoms with van der Waals surface area (Å²) in [5.74, 6) is -0.764. The molecule has 5 nitrogen and oxygen atoms in total. The molecular weight excluding hydrogens is 529 g/mol. The number of carbonyl (C=O) groups excluding carboxylic acids is 1. The molecule has 37 heavy (non-hydrogen) atoms. The SMILES string of the molecule is O=C(NS(=O)(=O)c1ccc(Cl)cc1Cl)c1ccc(COCc2ccc(/C=C/c3ccccc3)cc2)cc1. The van der Waals surface area contributed by atoms with E-state index >= 15 is 0 Å². The van der Waals surface area contributed by atoms with E-state index in [0.717, 1.165) is 22.3 Å². The van der Waals surface area contributed by atoms with E-state index in [2.05, 4.69) is 24.3 Å². The van der Waals surface area contributed by atoms with Crippen LogP contribution in [0.15, 0.2) is 102 Å². The summed E-state index contributed by atoms with van der Waals surface area (Å²) in [4.78, 5) is 12.3. The summed E-state index contributed by atoms with van der Waals surface area (Å²) in [6, 6.07) is 28.7. The van der Waals surface area contributed by atoms with Crippen LogP contribution in [0.25, 0.3) is 12.2 Å². The zero-order valence-electron chi connectivity index (χ0n) is 19.6. The van der Waals surface area contributed by atoms with E-state index in [0.29, 0.717) is 18.2 Å². The highest BCUT2D eigenvalue weighted by molar-refractivity contribution is 7.90. The molecule has 0 aromatic heterocycles. The van der Waals surface area contributed by atoms with Gasteiger partial charge in [0.15, 0.2) is 0 Å². The largest absolute Gasteiger partial charge is 0.372 e. The first-order chi connectivity index (χ1) is 17.8. The molecule has 0 spiro atoms. The molecule has 0 aliphatic carbocycles. The summed E-state index contributed by atoms with van der Waals surface area (Å²) in [5, 5.41) is 0.222. The average molecular weight is 552 g/mol. The quantitative estimate of drug-likeness (QED) is 0.227. The molecule has 0 saturated heterocycles. The van der Waals surface area contributed by atoms with Crippen molar-refractivity contribution in [1.82, 2.24) is 4.72 Å². The molecule has 0 unspecified atom stereocenters. The fraction of sp³-hybridized carbons (Fsp3) is 0.0690. The summed E-state index contributed by atoms with van der Waals surface area (Å²) in [6.45, 7) is 0.779. The van der Waals surface area contributed by atoms with Gasteiger partial charge in [0, 0.05) is 10.6 Å². The predicted molar refractivity (Wildman–Crippen MR) is 148 cm³/mol. The second-order valence-corrected chi connectivity index (χ2v) is 10.7. The van der Waals surface area contributed by atoms with Crippen LogP contribution in [0, 0.1) is 0 Å². The summed E-state index contributed by atoms with van der Waals surface area (Å²) in [6.07, 6.45) is 4.13. The van der Waals surface area contributed by atoms with Crippen molar-refractivity contribution in [3.63, 3.8) is 0 Å². The fourth-order valence-corrected chi connectivity index (χ4v) is 5.20. The lowest BCUT2D eigenvalue weighted by Crippen LogP contribution is -2.30. The van der Waals surface area contributed by atoms with Crippen molar-refractivity contribution in [2.24, 2.45) is 0 Å². The van der Waals surface area contributed by atoms with Gasteiger partial charge < -0.3 is 4.74 Å². The molecule has 0 saturated carbocycles. The smallest absolute Gasteiger partial charge is 0.265 e. The van der Waals surface area contributed by atoms with Crippen molar-refractivity contribution in [3.8, 4) is 0 Å². The maximum absolute atomic E-state index is 12.5. The van der Waals surface area contributed by atoms with Gasteiger partial charge in [-0.2, -0.15) is 0 Å². The average Bonchev–Trinajstić information content (AvgIpc) is 2.89. The number of amides is 1. The topological polar surface area (TPSA) is 72.5 Å². The lowest BCUT2D eigenvalue weighted by atomic mass is 10.1. The number of nitrogens with one attached hydrogen (secondary N) is 1. The van der Waals surface area contributed by atoms with Crippen molar-refractivity contribution in [2.45, 2.75) is 18.1 Å². The van der Waals surface area contributed by atoms with Crippen LogP contribution in [-0.2, 0) is 28.0 Å². The Morgan fingerprint density at radius 2 is 1.32 bits per heavy atom. The predicted octanol–water partition coefficient (Wildman–Crippen LogP) is 7.00. The highest BCUT2D eigenvalue weighted by Gasteiger charge is 2.21. The highest BCUT2D eigenvalue weighted by Crippen LogP contribution is 2.25. The monoisotopic (exact) mass is 551 g/mol. The number of rotatable bonds is 9. The van der Waals surface area contributed by atoms with E-state index in [1.165, 1.54) is 18.2 Å². The van der Waals surface area contributed by atoms with Gasteiger partial charge in [-0.05, 0) is 52.6 Å². The standard InChI is InChI=1S/C29H23Cl2NO4S/c30-26-16-17-28(27(31)18-26)37(34,35)32-29(33)25-14-12-24(13-15-25)20-36-19-23-10-8-22(9-11-23)7-6-21-4-2-1-3-5-21/h1-18H,19-20H2,(H,32,33)/b7-6+. The Morgan fingerprint density at radius 1 is 0.757 bits per heavy atom. The molecule has 4 aromatic carbocycles. The van der Waals surface area contributed by atoms with Crippen LogP contribution in [0.1, 0.15) is 32.6 Å². The summed E-state index contributed by atoms with van der Waals surface area (Å²) >= 11 is 11.8. The molecule has 0 bridgehead atoms. The van der Waals surface area contributed by atoms with Crippen molar-refractivity contribution in [1.29, 1.82) is 0 Å². The molecule has 1 N–H and O–H groups in total. The Bertz CT molecular complexity index is 1500. The number of sulfonamides is 1. The van der Waals surface area contributed by atoms with E-state index in [9.17, 15) is 13.2 Å². The number of hydrogen-bond donors (Lipinski definition) is 1. The van der Waals surface area contributed by atoms with Crippen LogP contribution < -0.4 is 4.72 Å². The fourth-order valence-electron chi connectivity index (χ4n) is 3.45. The van der Waals surface area contributed by atoms with E-state index in [1.54, 1.807) is 24.3 Å². The second-order valence-electron chi connectivity index (χ2n) is 8.18. The minimum atomic E-state index is -4.15. The summed E-state index contributed by atoms with van der Waals surface area (Å²) in [7, 11) is -4.15. The van der Waals surface area contributed by atoms with Gasteiger partial charge in [0.1, 0.15) is 4.90 Å². The molecule has 0 fully saturated rings. The Kier molecular flexibility index (Phi) is 8.79. The lowest BCUT2D eigenvalue weighted by Gasteiger charge is -2.09. The minimum absolute atomic E-state index is 0.0708. The van der Waals surface area contributed by atoms with Gasteiger partial charge in [0.2, 0.25) is 0 Å². The van der Waals surface area contributed by atoms with Crippen LogP contribution in [0.3, 0.4) is 0 Å². The molecule has 0 atom stereocenters. The first kappa shape index (κ1) is 26.6. The number of benzene rings is 4. The van der Waals surface area contributed by atoms with E-state index in [4.69, 9.17) is 27.9 Å². The zero-order valence-corrected chi connectivity index (χ0v) is 21.9. The first-order valence-electron chi connectivity index (χ1n) is 11.3. The van der Waals surface area contributed by atoms with Gasteiger partial charge in [0.25, 0.3) is 15.9 Å². The molecule has 8 heteroatoms. The second kappa shape index (κ2) is 12.2. The molecule has 4 aromatic rings. The number of hydrogen-bond acceptors (Lipinski definition) is 4. The van der Waals surface area contributed by atoms with Gasteiger partial charge in [-0.15, -0.1) is 0 Å². The highest BCUT2D eigenvalue weighted by atomic mass is 35.5. The van der Waals surface area contributed by atoms with Gasteiger partial charge in [-0.25, -0.2) is 13.1 Å². The van der Waals surface area contributed by atoms with Crippen LogP contribution >= 0.6 is 23.2 Å². The van der Waals surface area contributed by atoms with Gasteiger partial charge >= 0.3 is 0 Å². The van der Waals surface area contributed by atoms with Crippen molar-refractivity contribution < 1.29 is 17.9 Å². The van der Waals surface area contributed by atoms with Crippen molar-refractivity contribution in [3.05, 3.63) is 135 Å². The Balaban J connectivity index is 1.28. The van der Waals surface area contributed by atoms with Crippen molar-refractivity contribution in [2.75, 3.05) is 0 Å². The molecule has 0 heterocycles. The van der Waals surface area contributed by atoms with E-state index in [-0.39, 0.29) is 15.5 Å². The minimum Gasteiger partial charge on any atom is -0.372 e. The Morgan fingerprint density at radius 3 is 1.92 bits per heavy atom. The number of ether oxygens (including phenoxy) is 1. The van der Waals surface area contributed by atoms with E-state index in [1.807, 2.05) is 47.2 Å². The molecular formula is C29H23Cl2NO4S. The Hall–Kier alpha value is -3.42. The third-order valence-electron chi connectivity index (χ3n) is 5.41. The molecule has 4 rings (SSSR count). The summed E-state index contributed by atoms with van der Waals surface area (Å²) < 4.78 is 32.9.